The van der Waals surface area contributed by atoms with Crippen LogP contribution in [0.1, 0.15) is 91.4 Å². The van der Waals surface area contributed by atoms with E-state index in [0.29, 0.717) is 0 Å². The van der Waals surface area contributed by atoms with Gasteiger partial charge in [0.05, 0.1) is 0 Å². The van der Waals surface area contributed by atoms with Crippen LogP contribution in [0, 0.1) is 0 Å². The number of hydrogen-bond donors (Lipinski definition) is 1. The summed E-state index contributed by atoms with van der Waals surface area (Å²) < 4.78 is 0. The van der Waals surface area contributed by atoms with Crippen LogP contribution in [0.2, 0.25) is 0 Å². The summed E-state index contributed by atoms with van der Waals surface area (Å²) in [6.45, 7) is 10.4. The van der Waals surface area contributed by atoms with Crippen molar-refractivity contribution in [2.24, 2.45) is 0 Å². The van der Waals surface area contributed by atoms with E-state index >= 15 is 0 Å². The third-order valence-electron chi connectivity index (χ3n) is 3.65. The van der Waals surface area contributed by atoms with Gasteiger partial charge >= 0.3 is 0 Å². The first-order valence-corrected chi connectivity index (χ1v) is 8.83. The number of nitrogens with one attached hydrogen (secondary N) is 1. The summed E-state index contributed by atoms with van der Waals surface area (Å²) in [6, 6.07) is 0. The van der Waals surface area contributed by atoms with Crippen LogP contribution in [-0.4, -0.2) is 24.6 Å². The molecule has 0 amide bonds. The summed E-state index contributed by atoms with van der Waals surface area (Å²) in [7, 11) is 0. The van der Waals surface area contributed by atoms with Gasteiger partial charge < -0.3 is 0 Å². The molecule has 116 valence electrons. The highest BCUT2D eigenvalue weighted by Crippen LogP contribution is 2.08. The van der Waals surface area contributed by atoms with Crippen molar-refractivity contribution in [3.63, 3.8) is 0 Å². The van der Waals surface area contributed by atoms with E-state index in [1.807, 2.05) is 0 Å². The van der Waals surface area contributed by atoms with E-state index in [1.54, 1.807) is 0 Å². The zero-order chi connectivity index (χ0) is 14.2. The molecule has 0 radical (unpaired) electrons. The van der Waals surface area contributed by atoms with Crippen LogP contribution >= 0.6 is 0 Å². The van der Waals surface area contributed by atoms with Crippen molar-refractivity contribution in [3.8, 4) is 0 Å². The maximum atomic E-state index is 3.56. The Morgan fingerprint density at radius 1 is 0.579 bits per heavy atom. The maximum absolute atomic E-state index is 3.56. The van der Waals surface area contributed by atoms with Gasteiger partial charge in [0.2, 0.25) is 0 Å². The molecule has 0 saturated heterocycles. The SMILES string of the molecule is CCCCCCCCCCN(CCCC)NCCC. The fraction of sp³-hybridized carbons (Fsp3) is 1.00. The van der Waals surface area contributed by atoms with Gasteiger partial charge in [0.15, 0.2) is 0 Å². The molecular formula is C17H38N2. The normalized spacial score (nSPS) is 11.4. The standard InChI is InChI=1S/C17H38N2/c1-4-7-9-10-11-12-13-14-17-19(16-8-5-2)18-15-6-3/h18H,4-17H2,1-3H3. The second kappa shape index (κ2) is 16.0. The molecular weight excluding hydrogens is 232 g/mol. The molecule has 2 nitrogen and oxygen atoms in total. The highest BCUT2D eigenvalue weighted by atomic mass is 15.5. The van der Waals surface area contributed by atoms with Crippen LogP contribution in [0.15, 0.2) is 0 Å². The lowest BCUT2D eigenvalue weighted by Crippen LogP contribution is -2.39. The summed E-state index contributed by atoms with van der Waals surface area (Å²) in [5, 5.41) is 2.45. The first kappa shape index (κ1) is 18.9. The molecule has 0 aliphatic heterocycles. The van der Waals surface area contributed by atoms with E-state index in [-0.39, 0.29) is 0 Å². The van der Waals surface area contributed by atoms with E-state index in [1.165, 1.54) is 83.7 Å². The second-order valence-corrected chi connectivity index (χ2v) is 5.72. The topological polar surface area (TPSA) is 15.3 Å². The highest BCUT2D eigenvalue weighted by molar-refractivity contribution is 4.54. The van der Waals surface area contributed by atoms with Crippen molar-refractivity contribution in [2.45, 2.75) is 91.4 Å². The first-order chi connectivity index (χ1) is 9.35. The number of hydrazine groups is 1. The van der Waals surface area contributed by atoms with Crippen LogP contribution in [0.5, 0.6) is 0 Å². The molecule has 0 aliphatic carbocycles. The molecule has 0 unspecified atom stereocenters. The average molecular weight is 271 g/mol. The van der Waals surface area contributed by atoms with Crippen molar-refractivity contribution >= 4 is 0 Å². The van der Waals surface area contributed by atoms with Gasteiger partial charge in [-0.3, -0.25) is 5.43 Å². The summed E-state index contributed by atoms with van der Waals surface area (Å²) in [4.78, 5) is 0. The molecule has 0 spiro atoms. The molecule has 0 atom stereocenters. The van der Waals surface area contributed by atoms with Gasteiger partial charge in [-0.05, 0) is 19.3 Å². The van der Waals surface area contributed by atoms with Crippen molar-refractivity contribution in [2.75, 3.05) is 19.6 Å². The van der Waals surface area contributed by atoms with Crippen molar-refractivity contribution in [3.05, 3.63) is 0 Å². The molecule has 1 N–H and O–H groups in total. The molecule has 0 aromatic rings. The summed E-state index contributed by atoms with van der Waals surface area (Å²) in [5.41, 5.74) is 3.56. The predicted octanol–water partition coefficient (Wildman–Crippen LogP) is 5.14. The zero-order valence-corrected chi connectivity index (χ0v) is 13.8. The van der Waals surface area contributed by atoms with Crippen molar-refractivity contribution < 1.29 is 0 Å². The molecule has 0 heterocycles. The monoisotopic (exact) mass is 270 g/mol. The molecule has 0 fully saturated rings. The first-order valence-electron chi connectivity index (χ1n) is 8.83. The number of nitrogens with zero attached hydrogens (tertiary/aromatic N) is 1. The van der Waals surface area contributed by atoms with E-state index in [2.05, 4.69) is 31.2 Å². The Bertz CT molecular complexity index is 151. The Kier molecular flexibility index (Phi) is 15.9. The fourth-order valence-electron chi connectivity index (χ4n) is 2.33. The number of rotatable bonds is 15. The highest BCUT2D eigenvalue weighted by Gasteiger charge is 2.02. The van der Waals surface area contributed by atoms with Gasteiger partial charge in [0.25, 0.3) is 0 Å². The van der Waals surface area contributed by atoms with Crippen molar-refractivity contribution in [1.82, 2.24) is 10.4 Å². The number of hydrogen-bond acceptors (Lipinski definition) is 2. The minimum absolute atomic E-state index is 1.13. The van der Waals surface area contributed by atoms with Gasteiger partial charge in [0, 0.05) is 19.6 Å². The second-order valence-electron chi connectivity index (χ2n) is 5.72. The van der Waals surface area contributed by atoms with Crippen LogP contribution in [-0.2, 0) is 0 Å². The van der Waals surface area contributed by atoms with E-state index in [0.717, 1.165) is 6.54 Å². The average Bonchev–Trinajstić information content (AvgIpc) is 2.43. The van der Waals surface area contributed by atoms with E-state index in [9.17, 15) is 0 Å². The minimum atomic E-state index is 1.13. The fourth-order valence-corrected chi connectivity index (χ4v) is 2.33. The summed E-state index contributed by atoms with van der Waals surface area (Å²) in [5.74, 6) is 0. The third-order valence-corrected chi connectivity index (χ3v) is 3.65. The summed E-state index contributed by atoms with van der Waals surface area (Å²) >= 11 is 0. The third kappa shape index (κ3) is 14.1. The lowest BCUT2D eigenvalue weighted by Gasteiger charge is -2.23. The Hall–Kier alpha value is -0.0800. The van der Waals surface area contributed by atoms with Gasteiger partial charge in [0.1, 0.15) is 0 Å². The molecule has 0 aromatic carbocycles. The molecule has 0 aromatic heterocycles. The molecule has 0 saturated carbocycles. The molecule has 0 aliphatic rings. The Morgan fingerprint density at radius 2 is 1.11 bits per heavy atom. The zero-order valence-electron chi connectivity index (χ0n) is 13.8. The Balaban J connectivity index is 3.40. The predicted molar refractivity (Wildman–Crippen MR) is 87.4 cm³/mol. The minimum Gasteiger partial charge on any atom is -0.255 e. The Morgan fingerprint density at radius 3 is 1.68 bits per heavy atom. The van der Waals surface area contributed by atoms with E-state index < -0.39 is 0 Å². The largest absolute Gasteiger partial charge is 0.255 e. The van der Waals surface area contributed by atoms with Gasteiger partial charge in [-0.15, -0.1) is 0 Å². The molecule has 2 heteroatoms. The summed E-state index contributed by atoms with van der Waals surface area (Å²) in [6.07, 6.45) is 15.1. The van der Waals surface area contributed by atoms with Gasteiger partial charge in [-0.1, -0.05) is 72.1 Å². The molecule has 0 rings (SSSR count). The van der Waals surface area contributed by atoms with Crippen LogP contribution in [0.4, 0.5) is 0 Å². The van der Waals surface area contributed by atoms with Crippen LogP contribution < -0.4 is 5.43 Å². The molecule has 19 heavy (non-hydrogen) atoms. The van der Waals surface area contributed by atoms with Gasteiger partial charge in [-0.2, -0.15) is 0 Å². The Labute approximate surface area is 122 Å². The lowest BCUT2D eigenvalue weighted by atomic mass is 10.1. The molecule has 0 bridgehead atoms. The van der Waals surface area contributed by atoms with Crippen LogP contribution in [0.25, 0.3) is 0 Å². The van der Waals surface area contributed by atoms with Crippen LogP contribution in [0.3, 0.4) is 0 Å². The van der Waals surface area contributed by atoms with Crippen molar-refractivity contribution in [1.29, 1.82) is 0 Å². The quantitative estimate of drug-likeness (QED) is 0.327. The number of unbranched alkanes of at least 4 members (excludes halogenated alkanes) is 8. The van der Waals surface area contributed by atoms with E-state index in [4.69, 9.17) is 0 Å². The lowest BCUT2D eigenvalue weighted by molar-refractivity contribution is 0.180. The van der Waals surface area contributed by atoms with Gasteiger partial charge in [-0.25, -0.2) is 5.01 Å². The maximum Gasteiger partial charge on any atom is 0.0130 e. The smallest absolute Gasteiger partial charge is 0.0130 e.